The smallest absolute Gasteiger partial charge is 0.259 e. The van der Waals surface area contributed by atoms with Gasteiger partial charge in [0.25, 0.3) is 5.91 Å². The van der Waals surface area contributed by atoms with Crippen molar-refractivity contribution in [3.63, 3.8) is 0 Å². The summed E-state index contributed by atoms with van der Waals surface area (Å²) < 4.78 is 0. The molecule has 6 nitrogen and oxygen atoms in total. The second-order valence-electron chi connectivity index (χ2n) is 4.13. The molecule has 0 spiro atoms. The van der Waals surface area contributed by atoms with Gasteiger partial charge in [-0.3, -0.25) is 14.5 Å². The maximum Gasteiger partial charge on any atom is 0.259 e. The predicted molar refractivity (Wildman–Crippen MR) is 59.1 cm³/mol. The van der Waals surface area contributed by atoms with E-state index in [1.165, 1.54) is 0 Å². The number of amides is 2. The second kappa shape index (κ2) is 4.71. The largest absolute Gasteiger partial charge is 0.314 e. The van der Waals surface area contributed by atoms with E-state index in [1.807, 2.05) is 0 Å². The molecule has 0 radical (unpaired) electrons. The Morgan fingerprint density at radius 1 is 1.38 bits per heavy atom. The number of hydrogen-bond acceptors (Lipinski definition) is 4. The summed E-state index contributed by atoms with van der Waals surface area (Å²) in [6.07, 6.45) is 0. The van der Waals surface area contributed by atoms with Gasteiger partial charge in [-0.05, 0) is 6.92 Å². The van der Waals surface area contributed by atoms with Crippen LogP contribution < -0.4 is 10.6 Å². The van der Waals surface area contributed by atoms with E-state index in [2.05, 4.69) is 20.5 Å². The van der Waals surface area contributed by atoms with Crippen molar-refractivity contribution in [2.45, 2.75) is 6.92 Å². The number of carbonyl (C=O) groups excluding carboxylic acids is 2. The first kappa shape index (κ1) is 11.2. The van der Waals surface area contributed by atoms with Crippen LogP contribution in [0.15, 0.2) is 4.99 Å². The van der Waals surface area contributed by atoms with Crippen LogP contribution in [0.3, 0.4) is 0 Å². The molecule has 1 unspecified atom stereocenters. The van der Waals surface area contributed by atoms with Crippen molar-refractivity contribution in [1.29, 1.82) is 0 Å². The summed E-state index contributed by atoms with van der Waals surface area (Å²) in [6.45, 7) is 5.82. The summed E-state index contributed by atoms with van der Waals surface area (Å²) >= 11 is 0. The van der Waals surface area contributed by atoms with Crippen molar-refractivity contribution in [1.82, 2.24) is 15.5 Å². The van der Waals surface area contributed by atoms with Gasteiger partial charge in [-0.2, -0.15) is 4.99 Å². The van der Waals surface area contributed by atoms with Gasteiger partial charge < -0.3 is 10.6 Å². The monoisotopic (exact) mass is 224 g/mol. The zero-order chi connectivity index (χ0) is 11.5. The second-order valence-corrected chi connectivity index (χ2v) is 4.13. The molecule has 1 saturated heterocycles. The Hall–Kier alpha value is -1.27. The minimum absolute atomic E-state index is 0.245. The molecule has 2 aliphatic heterocycles. The number of hydrogen-bond donors (Lipinski definition) is 2. The Labute approximate surface area is 94.1 Å². The number of nitrogens with zero attached hydrogens (tertiary/aromatic N) is 2. The van der Waals surface area contributed by atoms with Crippen LogP contribution in [0.25, 0.3) is 0 Å². The van der Waals surface area contributed by atoms with Gasteiger partial charge in [0.1, 0.15) is 11.8 Å². The summed E-state index contributed by atoms with van der Waals surface area (Å²) in [6, 6.07) is 0. The molecular formula is C10H16N4O2. The number of nitrogens with one attached hydrogen (secondary N) is 2. The molecule has 0 aromatic heterocycles. The molecule has 2 rings (SSSR count). The highest BCUT2D eigenvalue weighted by atomic mass is 16.2. The molecule has 2 heterocycles. The summed E-state index contributed by atoms with van der Waals surface area (Å²) in [4.78, 5) is 28.8. The zero-order valence-electron chi connectivity index (χ0n) is 9.32. The predicted octanol–water partition coefficient (Wildman–Crippen LogP) is -1.42. The standard InChI is InChI=1S/C10H16N4O2/c1-7-9(15)12-8(13-10(7)16)6-14-4-2-11-3-5-14/h7,11H,2-6H2,1H3,(H,12,13,15,16). The Kier molecular flexibility index (Phi) is 3.31. The van der Waals surface area contributed by atoms with Gasteiger partial charge in [-0.25, -0.2) is 0 Å². The summed E-state index contributed by atoms with van der Waals surface area (Å²) in [5.74, 6) is -0.749. The van der Waals surface area contributed by atoms with Crippen LogP contribution >= 0.6 is 0 Å². The third-order valence-corrected chi connectivity index (χ3v) is 2.86. The van der Waals surface area contributed by atoms with E-state index in [0.717, 1.165) is 26.2 Å². The Bertz CT molecular complexity index is 334. The van der Waals surface area contributed by atoms with Crippen LogP contribution in [0.5, 0.6) is 0 Å². The lowest BCUT2D eigenvalue weighted by molar-refractivity contribution is -0.132. The third kappa shape index (κ3) is 2.45. The zero-order valence-corrected chi connectivity index (χ0v) is 9.32. The first-order valence-corrected chi connectivity index (χ1v) is 5.52. The summed E-state index contributed by atoms with van der Waals surface area (Å²) in [5.41, 5.74) is 0. The fourth-order valence-electron chi connectivity index (χ4n) is 1.78. The summed E-state index contributed by atoms with van der Waals surface area (Å²) in [5, 5.41) is 5.91. The van der Waals surface area contributed by atoms with Gasteiger partial charge in [0, 0.05) is 26.2 Å². The number of aliphatic imine (C=N–C) groups is 1. The third-order valence-electron chi connectivity index (χ3n) is 2.86. The number of rotatable bonds is 2. The fourth-order valence-corrected chi connectivity index (χ4v) is 1.78. The Morgan fingerprint density at radius 3 is 2.69 bits per heavy atom. The van der Waals surface area contributed by atoms with Crippen molar-refractivity contribution in [2.75, 3.05) is 32.7 Å². The van der Waals surface area contributed by atoms with Crippen molar-refractivity contribution in [3.8, 4) is 0 Å². The van der Waals surface area contributed by atoms with Crippen LogP contribution in [0.1, 0.15) is 6.92 Å². The average molecular weight is 224 g/mol. The molecule has 2 N–H and O–H groups in total. The normalized spacial score (nSPS) is 27.6. The number of amidine groups is 1. The lowest BCUT2D eigenvalue weighted by Crippen LogP contribution is -2.51. The molecule has 2 aliphatic rings. The number of carbonyl (C=O) groups is 2. The van der Waals surface area contributed by atoms with Crippen LogP contribution in [-0.4, -0.2) is 55.3 Å². The van der Waals surface area contributed by atoms with Crippen LogP contribution in [0, 0.1) is 5.92 Å². The van der Waals surface area contributed by atoms with E-state index in [0.29, 0.717) is 12.4 Å². The molecule has 0 bridgehead atoms. The van der Waals surface area contributed by atoms with E-state index in [9.17, 15) is 9.59 Å². The SMILES string of the molecule is CC1C(=O)N=C(CN2CCNCC2)NC1=O. The highest BCUT2D eigenvalue weighted by Crippen LogP contribution is 2.05. The van der Waals surface area contributed by atoms with Crippen molar-refractivity contribution in [3.05, 3.63) is 0 Å². The maximum atomic E-state index is 11.4. The van der Waals surface area contributed by atoms with E-state index >= 15 is 0 Å². The molecule has 0 aliphatic carbocycles. The molecule has 0 aromatic carbocycles. The quantitative estimate of drug-likeness (QED) is 0.565. The summed E-state index contributed by atoms with van der Waals surface area (Å²) in [7, 11) is 0. The van der Waals surface area contributed by atoms with E-state index in [-0.39, 0.29) is 11.8 Å². The average Bonchev–Trinajstić information content (AvgIpc) is 2.27. The van der Waals surface area contributed by atoms with Gasteiger partial charge >= 0.3 is 0 Å². The molecule has 0 aromatic rings. The van der Waals surface area contributed by atoms with Gasteiger partial charge in [0.2, 0.25) is 5.91 Å². The first-order valence-electron chi connectivity index (χ1n) is 5.52. The van der Waals surface area contributed by atoms with Crippen molar-refractivity contribution >= 4 is 17.6 Å². The molecule has 0 saturated carbocycles. The minimum atomic E-state index is -0.647. The number of piperazine rings is 1. The molecule has 6 heteroatoms. The molecule has 1 atom stereocenters. The molecule has 1 fully saturated rings. The van der Waals surface area contributed by atoms with Gasteiger partial charge in [-0.15, -0.1) is 0 Å². The van der Waals surface area contributed by atoms with Gasteiger partial charge in [0.15, 0.2) is 0 Å². The van der Waals surface area contributed by atoms with Crippen molar-refractivity contribution < 1.29 is 9.59 Å². The Balaban J connectivity index is 1.96. The first-order chi connectivity index (χ1) is 7.66. The van der Waals surface area contributed by atoms with Crippen LogP contribution in [0.4, 0.5) is 0 Å². The highest BCUT2D eigenvalue weighted by Gasteiger charge is 2.28. The van der Waals surface area contributed by atoms with E-state index < -0.39 is 5.92 Å². The van der Waals surface area contributed by atoms with Crippen molar-refractivity contribution in [2.24, 2.45) is 10.9 Å². The molecule has 88 valence electrons. The molecule has 16 heavy (non-hydrogen) atoms. The topological polar surface area (TPSA) is 73.8 Å². The highest BCUT2D eigenvalue weighted by molar-refractivity contribution is 6.16. The Morgan fingerprint density at radius 2 is 2.06 bits per heavy atom. The fraction of sp³-hybridized carbons (Fsp3) is 0.700. The molecular weight excluding hydrogens is 208 g/mol. The van der Waals surface area contributed by atoms with Gasteiger partial charge in [0.05, 0.1) is 6.54 Å². The van der Waals surface area contributed by atoms with Crippen LogP contribution in [-0.2, 0) is 9.59 Å². The van der Waals surface area contributed by atoms with Crippen LogP contribution in [0.2, 0.25) is 0 Å². The maximum absolute atomic E-state index is 11.4. The van der Waals surface area contributed by atoms with E-state index in [4.69, 9.17) is 0 Å². The lowest BCUT2D eigenvalue weighted by atomic mass is 10.1. The molecule has 2 amide bonds. The lowest BCUT2D eigenvalue weighted by Gasteiger charge is -2.28. The minimum Gasteiger partial charge on any atom is -0.314 e. The van der Waals surface area contributed by atoms with Gasteiger partial charge in [-0.1, -0.05) is 0 Å². The van der Waals surface area contributed by atoms with E-state index in [1.54, 1.807) is 6.92 Å².